The predicted octanol–water partition coefficient (Wildman–Crippen LogP) is 3.28. The maximum atomic E-state index is 11.1. The zero-order valence-corrected chi connectivity index (χ0v) is 10.2. The molecule has 0 spiro atoms. The molecule has 1 unspecified atom stereocenters. The average molecular weight is 216 g/mol. The molecule has 0 saturated carbocycles. The largest absolute Gasteiger partial charge is 0.484 e. The topological polar surface area (TPSA) is 26.3 Å². The lowest BCUT2D eigenvalue weighted by atomic mass is 10.2. The third-order valence-corrected chi connectivity index (χ3v) is 2.27. The zero-order chi connectivity index (χ0) is 11.0. The molecule has 2 nitrogen and oxygen atoms in total. The second kappa shape index (κ2) is 7.92. The third-order valence-electron chi connectivity index (χ3n) is 2.03. The molecule has 0 heterocycles. The molecule has 0 aliphatic heterocycles. The smallest absolute Gasteiger partial charge is 0.167 e. The van der Waals surface area contributed by atoms with Gasteiger partial charge in [-0.05, 0) is 25.6 Å². The summed E-state index contributed by atoms with van der Waals surface area (Å²) in [6.07, 6.45) is 4.29. The van der Waals surface area contributed by atoms with E-state index in [1.807, 2.05) is 13.8 Å². The minimum absolute atomic E-state index is 0.145. The number of carbonyl (C=O) groups is 1. The number of ether oxygens (including phenoxy) is 1. The van der Waals surface area contributed by atoms with Crippen molar-refractivity contribution in [3.05, 3.63) is 0 Å². The van der Waals surface area contributed by atoms with Crippen molar-refractivity contribution in [1.82, 2.24) is 0 Å². The lowest BCUT2D eigenvalue weighted by Crippen LogP contribution is -2.15. The van der Waals surface area contributed by atoms with Crippen molar-refractivity contribution in [2.75, 3.05) is 0 Å². The standard InChI is InChI=1S/C11H20O2S/c1-4-6-7-9(3)13-11(14)8-10(12)5-2/h9H,4-8H2,1-3H3. The van der Waals surface area contributed by atoms with Gasteiger partial charge >= 0.3 is 0 Å². The van der Waals surface area contributed by atoms with Crippen LogP contribution in [0.4, 0.5) is 0 Å². The summed E-state index contributed by atoms with van der Waals surface area (Å²) < 4.78 is 5.44. The lowest BCUT2D eigenvalue weighted by molar-refractivity contribution is -0.117. The molecule has 0 rings (SSSR count). The van der Waals surface area contributed by atoms with Crippen molar-refractivity contribution in [2.45, 2.75) is 59.0 Å². The van der Waals surface area contributed by atoms with Crippen molar-refractivity contribution in [3.8, 4) is 0 Å². The summed E-state index contributed by atoms with van der Waals surface area (Å²) in [6, 6.07) is 0. The Morgan fingerprint density at radius 2 is 2.07 bits per heavy atom. The van der Waals surface area contributed by atoms with Crippen LogP contribution in [-0.2, 0) is 9.53 Å². The quantitative estimate of drug-likeness (QED) is 0.611. The number of hydrogen-bond donors (Lipinski definition) is 0. The SMILES string of the molecule is CCCCC(C)OC(=S)CC(=O)CC. The zero-order valence-electron chi connectivity index (χ0n) is 9.34. The van der Waals surface area contributed by atoms with Crippen molar-refractivity contribution in [2.24, 2.45) is 0 Å². The van der Waals surface area contributed by atoms with Crippen LogP contribution < -0.4 is 0 Å². The van der Waals surface area contributed by atoms with E-state index in [1.165, 1.54) is 0 Å². The molecule has 0 aromatic carbocycles. The number of thiocarbonyl (C=S) groups is 1. The van der Waals surface area contributed by atoms with Crippen LogP contribution in [0.3, 0.4) is 0 Å². The van der Waals surface area contributed by atoms with E-state index in [1.54, 1.807) is 0 Å². The van der Waals surface area contributed by atoms with Crippen molar-refractivity contribution >= 4 is 23.1 Å². The monoisotopic (exact) mass is 216 g/mol. The fraction of sp³-hybridized carbons (Fsp3) is 0.818. The van der Waals surface area contributed by atoms with Gasteiger partial charge in [-0.2, -0.15) is 0 Å². The van der Waals surface area contributed by atoms with Gasteiger partial charge in [0.1, 0.15) is 5.78 Å². The van der Waals surface area contributed by atoms with Gasteiger partial charge in [0.05, 0.1) is 12.5 Å². The first-order chi connectivity index (χ1) is 6.60. The summed E-state index contributed by atoms with van der Waals surface area (Å²) in [7, 11) is 0. The van der Waals surface area contributed by atoms with Gasteiger partial charge < -0.3 is 4.74 Å². The van der Waals surface area contributed by atoms with Gasteiger partial charge in [0.15, 0.2) is 5.05 Å². The van der Waals surface area contributed by atoms with Gasteiger partial charge in [0.25, 0.3) is 0 Å². The molecule has 0 bridgehead atoms. The van der Waals surface area contributed by atoms with E-state index in [0.717, 1.165) is 19.3 Å². The summed E-state index contributed by atoms with van der Waals surface area (Å²) in [5.41, 5.74) is 0. The number of Topliss-reactive ketones (excluding diaryl/α,β-unsaturated/α-hetero) is 1. The van der Waals surface area contributed by atoms with E-state index in [-0.39, 0.29) is 11.9 Å². The molecule has 0 aliphatic rings. The fourth-order valence-corrected chi connectivity index (χ4v) is 1.43. The minimum atomic E-state index is 0.145. The molecule has 0 amide bonds. The van der Waals surface area contributed by atoms with E-state index < -0.39 is 0 Å². The number of carbonyl (C=O) groups excluding carboxylic acids is 1. The number of hydrogen-bond acceptors (Lipinski definition) is 3. The van der Waals surface area contributed by atoms with Gasteiger partial charge in [-0.1, -0.05) is 26.7 Å². The number of ketones is 1. The van der Waals surface area contributed by atoms with E-state index in [4.69, 9.17) is 17.0 Å². The molecular formula is C11H20O2S. The summed E-state index contributed by atoms with van der Waals surface area (Å²) in [5, 5.41) is 0.445. The highest BCUT2D eigenvalue weighted by molar-refractivity contribution is 7.80. The number of rotatable bonds is 7. The van der Waals surface area contributed by atoms with Crippen molar-refractivity contribution in [3.63, 3.8) is 0 Å². The predicted molar refractivity (Wildman–Crippen MR) is 62.6 cm³/mol. The highest BCUT2D eigenvalue weighted by Gasteiger charge is 2.08. The first-order valence-electron chi connectivity index (χ1n) is 5.31. The first kappa shape index (κ1) is 13.6. The highest BCUT2D eigenvalue weighted by Crippen LogP contribution is 2.06. The Hall–Kier alpha value is -0.440. The van der Waals surface area contributed by atoms with Crippen LogP contribution in [-0.4, -0.2) is 16.9 Å². The summed E-state index contributed by atoms with van der Waals surface area (Å²) in [6.45, 7) is 5.98. The second-order valence-electron chi connectivity index (χ2n) is 3.51. The molecule has 0 saturated heterocycles. The van der Waals surface area contributed by atoms with Gasteiger partial charge in [-0.15, -0.1) is 0 Å². The van der Waals surface area contributed by atoms with E-state index in [0.29, 0.717) is 17.9 Å². The van der Waals surface area contributed by atoms with Crippen LogP contribution in [0.1, 0.15) is 52.9 Å². The Bertz CT molecular complexity index is 190. The Morgan fingerprint density at radius 1 is 1.43 bits per heavy atom. The first-order valence-corrected chi connectivity index (χ1v) is 5.72. The Labute approximate surface area is 92.0 Å². The van der Waals surface area contributed by atoms with Gasteiger partial charge in [-0.3, -0.25) is 4.79 Å². The molecule has 0 aliphatic carbocycles. The van der Waals surface area contributed by atoms with Crippen molar-refractivity contribution in [1.29, 1.82) is 0 Å². The molecule has 0 N–H and O–H groups in total. The molecule has 0 fully saturated rings. The normalized spacial score (nSPS) is 12.2. The van der Waals surface area contributed by atoms with E-state index in [2.05, 4.69) is 6.92 Å². The van der Waals surface area contributed by atoms with E-state index in [9.17, 15) is 4.79 Å². The van der Waals surface area contributed by atoms with Gasteiger partial charge in [0, 0.05) is 6.42 Å². The fourth-order valence-electron chi connectivity index (χ4n) is 1.10. The average Bonchev–Trinajstić information content (AvgIpc) is 2.14. The Kier molecular flexibility index (Phi) is 7.67. The van der Waals surface area contributed by atoms with Crippen LogP contribution >= 0.6 is 12.2 Å². The Balaban J connectivity index is 3.65. The van der Waals surface area contributed by atoms with Crippen LogP contribution in [0.5, 0.6) is 0 Å². The maximum Gasteiger partial charge on any atom is 0.167 e. The van der Waals surface area contributed by atoms with Crippen LogP contribution in [0.2, 0.25) is 0 Å². The molecule has 0 aromatic heterocycles. The summed E-state index contributed by atoms with van der Waals surface area (Å²) in [4.78, 5) is 11.1. The third kappa shape index (κ3) is 7.01. The minimum Gasteiger partial charge on any atom is -0.484 e. The lowest BCUT2D eigenvalue weighted by Gasteiger charge is -2.14. The molecule has 0 aromatic rings. The maximum absolute atomic E-state index is 11.1. The molecule has 3 heteroatoms. The summed E-state index contributed by atoms with van der Waals surface area (Å²) >= 11 is 4.98. The van der Waals surface area contributed by atoms with Crippen LogP contribution in [0.15, 0.2) is 0 Å². The molecule has 14 heavy (non-hydrogen) atoms. The summed E-state index contributed by atoms with van der Waals surface area (Å²) in [5.74, 6) is 0.151. The van der Waals surface area contributed by atoms with Crippen LogP contribution in [0, 0.1) is 0 Å². The van der Waals surface area contributed by atoms with Gasteiger partial charge in [0.2, 0.25) is 0 Å². The second-order valence-corrected chi connectivity index (χ2v) is 3.97. The van der Waals surface area contributed by atoms with E-state index >= 15 is 0 Å². The number of unbranched alkanes of at least 4 members (excludes halogenated alkanes) is 1. The molecular weight excluding hydrogens is 196 g/mol. The van der Waals surface area contributed by atoms with Crippen LogP contribution in [0.25, 0.3) is 0 Å². The molecule has 0 radical (unpaired) electrons. The van der Waals surface area contributed by atoms with Gasteiger partial charge in [-0.25, -0.2) is 0 Å². The molecule has 1 atom stereocenters. The highest BCUT2D eigenvalue weighted by atomic mass is 32.1. The molecule has 82 valence electrons. The Morgan fingerprint density at radius 3 is 2.57 bits per heavy atom. The van der Waals surface area contributed by atoms with Crippen molar-refractivity contribution < 1.29 is 9.53 Å².